The summed E-state index contributed by atoms with van der Waals surface area (Å²) < 4.78 is 14.7. The molecule has 0 aliphatic rings. The second-order valence-corrected chi connectivity index (χ2v) is 4.62. The largest absolute Gasteiger partial charge is 0.309 e. The molecule has 0 bridgehead atoms. The number of halogens is 1. The fourth-order valence-corrected chi connectivity index (χ4v) is 1.68. The van der Waals surface area contributed by atoms with Crippen molar-refractivity contribution in [2.24, 2.45) is 0 Å². The first-order chi connectivity index (χ1) is 8.56. The first kappa shape index (κ1) is 12.7. The molecule has 0 fully saturated rings. The molecule has 0 unspecified atom stereocenters. The predicted molar refractivity (Wildman–Crippen MR) is 68.0 cm³/mol. The molecule has 0 aliphatic heterocycles. The highest BCUT2D eigenvalue weighted by Gasteiger charge is 2.06. The molecule has 0 saturated heterocycles. The standard InChI is InChI=1S/C13H17FN4/c1-9(2)15-7-12-8-18(17-16-12)13-5-4-11(14)6-10(13)3/h4-6,8-9,15H,7H2,1-3H3. The normalized spacial score (nSPS) is 11.2. The third kappa shape index (κ3) is 2.92. The molecule has 0 atom stereocenters. The van der Waals surface area contributed by atoms with Gasteiger partial charge in [0.05, 0.1) is 17.6 Å². The summed E-state index contributed by atoms with van der Waals surface area (Å²) in [4.78, 5) is 0. The van der Waals surface area contributed by atoms with Gasteiger partial charge in [-0.3, -0.25) is 0 Å². The molecule has 4 nitrogen and oxygen atoms in total. The highest BCUT2D eigenvalue weighted by atomic mass is 19.1. The Hall–Kier alpha value is -1.75. The van der Waals surface area contributed by atoms with Gasteiger partial charge in [0.2, 0.25) is 0 Å². The molecule has 0 radical (unpaired) electrons. The molecule has 18 heavy (non-hydrogen) atoms. The van der Waals surface area contributed by atoms with E-state index in [2.05, 4.69) is 29.5 Å². The Labute approximate surface area is 106 Å². The maximum atomic E-state index is 13.0. The summed E-state index contributed by atoms with van der Waals surface area (Å²) in [7, 11) is 0. The van der Waals surface area contributed by atoms with Gasteiger partial charge in [0.15, 0.2) is 0 Å². The number of nitrogens with one attached hydrogen (secondary N) is 1. The first-order valence-corrected chi connectivity index (χ1v) is 5.97. The van der Waals surface area contributed by atoms with Crippen molar-refractivity contribution in [3.63, 3.8) is 0 Å². The summed E-state index contributed by atoms with van der Waals surface area (Å²) in [6.45, 7) is 6.69. The van der Waals surface area contributed by atoms with Crippen molar-refractivity contribution in [3.05, 3.63) is 41.5 Å². The van der Waals surface area contributed by atoms with Gasteiger partial charge >= 0.3 is 0 Å². The van der Waals surface area contributed by atoms with Crippen LogP contribution in [0.15, 0.2) is 24.4 Å². The van der Waals surface area contributed by atoms with Gasteiger partial charge < -0.3 is 5.32 Å². The number of rotatable bonds is 4. The van der Waals surface area contributed by atoms with Crippen molar-refractivity contribution in [2.75, 3.05) is 0 Å². The van der Waals surface area contributed by atoms with Crippen LogP contribution < -0.4 is 5.32 Å². The topological polar surface area (TPSA) is 42.7 Å². The summed E-state index contributed by atoms with van der Waals surface area (Å²) in [6.07, 6.45) is 1.86. The van der Waals surface area contributed by atoms with Crippen LogP contribution in [0.1, 0.15) is 25.1 Å². The zero-order valence-corrected chi connectivity index (χ0v) is 10.8. The summed E-state index contributed by atoms with van der Waals surface area (Å²) >= 11 is 0. The van der Waals surface area contributed by atoms with Gasteiger partial charge in [-0.2, -0.15) is 0 Å². The van der Waals surface area contributed by atoms with E-state index in [4.69, 9.17) is 0 Å². The first-order valence-electron chi connectivity index (χ1n) is 5.97. The van der Waals surface area contributed by atoms with E-state index in [-0.39, 0.29) is 5.82 Å². The molecule has 1 heterocycles. The van der Waals surface area contributed by atoms with Gasteiger partial charge in [0.25, 0.3) is 0 Å². The molecule has 2 aromatic rings. The van der Waals surface area contributed by atoms with Crippen molar-refractivity contribution >= 4 is 0 Å². The molecule has 5 heteroatoms. The van der Waals surface area contributed by atoms with Crippen LogP contribution in [-0.2, 0) is 6.54 Å². The SMILES string of the molecule is Cc1cc(F)ccc1-n1cc(CNC(C)C)nn1. The number of nitrogens with zero attached hydrogens (tertiary/aromatic N) is 3. The Kier molecular flexibility index (Phi) is 3.72. The zero-order chi connectivity index (χ0) is 13.1. The fraction of sp³-hybridized carbons (Fsp3) is 0.385. The van der Waals surface area contributed by atoms with Crippen molar-refractivity contribution in [1.29, 1.82) is 0 Å². The summed E-state index contributed by atoms with van der Waals surface area (Å²) in [5.74, 6) is -0.238. The van der Waals surface area contributed by atoms with Crippen molar-refractivity contribution in [3.8, 4) is 5.69 Å². The van der Waals surface area contributed by atoms with E-state index < -0.39 is 0 Å². The lowest BCUT2D eigenvalue weighted by molar-refractivity contribution is 0.580. The highest BCUT2D eigenvalue weighted by molar-refractivity contribution is 5.39. The highest BCUT2D eigenvalue weighted by Crippen LogP contribution is 2.14. The molecule has 0 saturated carbocycles. The average Bonchev–Trinajstić information content (AvgIpc) is 2.75. The Balaban J connectivity index is 2.18. The molecule has 0 aliphatic carbocycles. The lowest BCUT2D eigenvalue weighted by Crippen LogP contribution is -2.21. The van der Waals surface area contributed by atoms with Crippen LogP contribution in [0.2, 0.25) is 0 Å². The molecule has 1 aromatic heterocycles. The van der Waals surface area contributed by atoms with Gasteiger partial charge in [-0.15, -0.1) is 5.10 Å². The molecule has 1 N–H and O–H groups in total. The summed E-state index contributed by atoms with van der Waals surface area (Å²) in [6, 6.07) is 5.03. The third-order valence-corrected chi connectivity index (χ3v) is 2.64. The fourth-order valence-electron chi connectivity index (χ4n) is 1.68. The number of aryl methyl sites for hydroxylation is 1. The summed E-state index contributed by atoms with van der Waals surface area (Å²) in [5.41, 5.74) is 2.55. The third-order valence-electron chi connectivity index (χ3n) is 2.64. The lowest BCUT2D eigenvalue weighted by Gasteiger charge is -2.05. The molecule has 2 rings (SSSR count). The Bertz CT molecular complexity index is 534. The van der Waals surface area contributed by atoms with E-state index >= 15 is 0 Å². The number of hydrogen-bond acceptors (Lipinski definition) is 3. The molecule has 96 valence electrons. The monoisotopic (exact) mass is 248 g/mol. The van der Waals surface area contributed by atoms with Crippen LogP contribution in [0.3, 0.4) is 0 Å². The smallest absolute Gasteiger partial charge is 0.123 e. The number of hydrogen-bond donors (Lipinski definition) is 1. The van der Waals surface area contributed by atoms with Crippen LogP contribution in [0.4, 0.5) is 4.39 Å². The van der Waals surface area contributed by atoms with Gasteiger partial charge in [0, 0.05) is 12.6 Å². The second-order valence-electron chi connectivity index (χ2n) is 4.62. The molecule has 1 aromatic carbocycles. The maximum absolute atomic E-state index is 13.0. The molecule has 0 amide bonds. The van der Waals surface area contributed by atoms with Crippen LogP contribution in [-0.4, -0.2) is 21.0 Å². The van der Waals surface area contributed by atoms with Gasteiger partial charge in [-0.25, -0.2) is 9.07 Å². The quantitative estimate of drug-likeness (QED) is 0.902. The van der Waals surface area contributed by atoms with Crippen LogP contribution >= 0.6 is 0 Å². The van der Waals surface area contributed by atoms with Crippen LogP contribution in [0, 0.1) is 12.7 Å². The second kappa shape index (κ2) is 5.27. The van der Waals surface area contributed by atoms with Crippen LogP contribution in [0.25, 0.3) is 5.69 Å². The van der Waals surface area contributed by atoms with Gasteiger partial charge in [-0.05, 0) is 30.7 Å². The number of aromatic nitrogens is 3. The van der Waals surface area contributed by atoms with Gasteiger partial charge in [-0.1, -0.05) is 19.1 Å². The van der Waals surface area contributed by atoms with E-state index in [0.717, 1.165) is 16.9 Å². The van der Waals surface area contributed by atoms with E-state index in [0.29, 0.717) is 12.6 Å². The minimum atomic E-state index is -0.238. The van der Waals surface area contributed by atoms with Gasteiger partial charge in [0.1, 0.15) is 5.82 Å². The minimum Gasteiger partial charge on any atom is -0.309 e. The minimum absolute atomic E-state index is 0.238. The predicted octanol–water partition coefficient (Wildman–Crippen LogP) is 2.21. The van der Waals surface area contributed by atoms with E-state index in [1.54, 1.807) is 10.7 Å². The maximum Gasteiger partial charge on any atom is 0.123 e. The molecule has 0 spiro atoms. The Morgan fingerprint density at radius 3 is 2.83 bits per heavy atom. The van der Waals surface area contributed by atoms with E-state index in [1.807, 2.05) is 13.1 Å². The molecular formula is C13H17FN4. The van der Waals surface area contributed by atoms with E-state index in [1.165, 1.54) is 12.1 Å². The average molecular weight is 248 g/mol. The Morgan fingerprint density at radius 2 is 2.17 bits per heavy atom. The number of benzene rings is 1. The lowest BCUT2D eigenvalue weighted by atomic mass is 10.2. The zero-order valence-electron chi connectivity index (χ0n) is 10.8. The van der Waals surface area contributed by atoms with Crippen LogP contribution in [0.5, 0.6) is 0 Å². The molecular weight excluding hydrogens is 231 g/mol. The summed E-state index contributed by atoms with van der Waals surface area (Å²) in [5, 5.41) is 11.4. The van der Waals surface area contributed by atoms with Crippen molar-refractivity contribution in [2.45, 2.75) is 33.4 Å². The Morgan fingerprint density at radius 1 is 1.39 bits per heavy atom. The van der Waals surface area contributed by atoms with E-state index in [9.17, 15) is 4.39 Å². The van der Waals surface area contributed by atoms with Crippen molar-refractivity contribution < 1.29 is 4.39 Å². The van der Waals surface area contributed by atoms with Crippen molar-refractivity contribution in [1.82, 2.24) is 20.3 Å².